The molecule has 2 N–H and O–H groups in total. The number of halogens is 1. The topological polar surface area (TPSA) is 81.1 Å². The van der Waals surface area contributed by atoms with Crippen LogP contribution in [0.3, 0.4) is 0 Å². The molecule has 22 heavy (non-hydrogen) atoms. The molecule has 2 amide bonds. The number of aliphatic hydroxyl groups excluding tert-OH is 2. The third-order valence-corrected chi connectivity index (χ3v) is 3.67. The number of rotatable bonds is 6. The molecule has 1 aromatic rings. The number of anilines is 1. The number of para-hydroxylation sites is 1. The van der Waals surface area contributed by atoms with Crippen molar-refractivity contribution in [3.05, 3.63) is 30.1 Å². The lowest BCUT2D eigenvalue weighted by molar-refractivity contribution is -0.136. The minimum Gasteiger partial charge on any atom is -0.395 e. The van der Waals surface area contributed by atoms with Crippen molar-refractivity contribution in [1.82, 2.24) is 4.90 Å². The summed E-state index contributed by atoms with van der Waals surface area (Å²) in [4.78, 5) is 27.0. The Morgan fingerprint density at radius 1 is 1.27 bits per heavy atom. The number of hydrogen-bond donors (Lipinski definition) is 2. The fraction of sp³-hybridized carbons (Fsp3) is 0.467. The Kier molecular flexibility index (Phi) is 5.46. The number of hydrogen-bond acceptors (Lipinski definition) is 4. The summed E-state index contributed by atoms with van der Waals surface area (Å²) in [7, 11) is 0. The predicted molar refractivity (Wildman–Crippen MR) is 77.6 cm³/mol. The van der Waals surface area contributed by atoms with Gasteiger partial charge in [0.15, 0.2) is 0 Å². The van der Waals surface area contributed by atoms with Crippen molar-refractivity contribution in [2.24, 2.45) is 5.92 Å². The number of nitrogens with zero attached hydrogens (tertiary/aromatic N) is 2. The minimum atomic E-state index is -0.592. The molecule has 0 saturated carbocycles. The van der Waals surface area contributed by atoms with Gasteiger partial charge in [-0.3, -0.25) is 9.59 Å². The van der Waals surface area contributed by atoms with Crippen molar-refractivity contribution >= 4 is 17.5 Å². The first kappa shape index (κ1) is 16.4. The van der Waals surface area contributed by atoms with Crippen LogP contribution in [0.1, 0.15) is 6.42 Å². The second-order valence-corrected chi connectivity index (χ2v) is 5.13. The summed E-state index contributed by atoms with van der Waals surface area (Å²) in [5, 5.41) is 17.9. The molecule has 6 nitrogen and oxygen atoms in total. The first-order valence-electron chi connectivity index (χ1n) is 7.14. The lowest BCUT2D eigenvalue weighted by atomic mass is 10.1. The largest absolute Gasteiger partial charge is 0.395 e. The van der Waals surface area contributed by atoms with Gasteiger partial charge in [0.25, 0.3) is 0 Å². The maximum Gasteiger partial charge on any atom is 0.228 e. The van der Waals surface area contributed by atoms with Gasteiger partial charge in [-0.1, -0.05) is 12.1 Å². The van der Waals surface area contributed by atoms with E-state index in [1.165, 1.54) is 28.0 Å². The van der Waals surface area contributed by atoms with E-state index in [9.17, 15) is 14.0 Å². The van der Waals surface area contributed by atoms with Crippen LogP contribution in [0.5, 0.6) is 0 Å². The highest BCUT2D eigenvalue weighted by Gasteiger charge is 2.37. The third kappa shape index (κ3) is 3.42. The molecular formula is C15H19FN2O4. The number of carbonyl (C=O) groups is 2. The minimum absolute atomic E-state index is 0.000521. The van der Waals surface area contributed by atoms with Crippen molar-refractivity contribution in [3.8, 4) is 0 Å². The molecule has 1 saturated heterocycles. The Morgan fingerprint density at radius 3 is 2.50 bits per heavy atom. The first-order valence-corrected chi connectivity index (χ1v) is 7.14. The van der Waals surface area contributed by atoms with Gasteiger partial charge in [-0.15, -0.1) is 0 Å². The molecule has 120 valence electrons. The van der Waals surface area contributed by atoms with Gasteiger partial charge >= 0.3 is 0 Å². The van der Waals surface area contributed by atoms with Crippen LogP contribution in [0, 0.1) is 11.7 Å². The van der Waals surface area contributed by atoms with E-state index < -0.39 is 11.7 Å². The zero-order chi connectivity index (χ0) is 16.1. The van der Waals surface area contributed by atoms with Crippen LogP contribution in [0.2, 0.25) is 0 Å². The summed E-state index contributed by atoms with van der Waals surface area (Å²) in [5.41, 5.74) is 0.165. The normalized spacial score (nSPS) is 17.9. The lowest BCUT2D eigenvalue weighted by Gasteiger charge is -2.24. The molecule has 1 aliphatic heterocycles. The quantitative estimate of drug-likeness (QED) is 0.774. The summed E-state index contributed by atoms with van der Waals surface area (Å²) in [6.07, 6.45) is 0.000521. The SMILES string of the molecule is O=C(C1CC(=O)N(c2ccccc2F)C1)N(CCO)CCO. The summed E-state index contributed by atoms with van der Waals surface area (Å²) >= 11 is 0. The molecule has 2 rings (SSSR count). The molecule has 0 spiro atoms. The third-order valence-electron chi connectivity index (χ3n) is 3.67. The molecule has 1 atom stereocenters. The lowest BCUT2D eigenvalue weighted by Crippen LogP contribution is -2.40. The van der Waals surface area contributed by atoms with E-state index in [0.717, 1.165) is 0 Å². The molecule has 0 radical (unpaired) electrons. The predicted octanol–water partition coefficient (Wildman–Crippen LogP) is -0.00820. The van der Waals surface area contributed by atoms with E-state index >= 15 is 0 Å². The highest BCUT2D eigenvalue weighted by atomic mass is 19.1. The van der Waals surface area contributed by atoms with E-state index in [1.807, 2.05) is 0 Å². The van der Waals surface area contributed by atoms with Crippen molar-refractivity contribution in [2.75, 3.05) is 37.7 Å². The van der Waals surface area contributed by atoms with Crippen LogP contribution < -0.4 is 4.90 Å². The zero-order valence-corrected chi connectivity index (χ0v) is 12.1. The molecule has 0 aromatic heterocycles. The van der Waals surface area contributed by atoms with Gasteiger partial charge in [-0.2, -0.15) is 0 Å². The number of carbonyl (C=O) groups excluding carboxylic acids is 2. The summed E-state index contributed by atoms with van der Waals surface area (Å²) in [6, 6.07) is 5.93. The molecule has 0 aliphatic carbocycles. The standard InChI is InChI=1S/C15H19FN2O4/c16-12-3-1-2-4-13(12)18-10-11(9-14(18)21)15(22)17(5-7-19)6-8-20/h1-4,11,19-20H,5-10H2. The Morgan fingerprint density at radius 2 is 1.91 bits per heavy atom. The van der Waals surface area contributed by atoms with Gasteiger partial charge < -0.3 is 20.0 Å². The van der Waals surface area contributed by atoms with Gasteiger partial charge in [0.1, 0.15) is 5.82 Å². The molecule has 1 aromatic carbocycles. The first-order chi connectivity index (χ1) is 10.6. The summed E-state index contributed by atoms with van der Waals surface area (Å²) in [5.74, 6) is -1.72. The molecular weight excluding hydrogens is 291 g/mol. The zero-order valence-electron chi connectivity index (χ0n) is 12.1. The molecule has 0 bridgehead atoms. The van der Waals surface area contributed by atoms with Crippen LogP contribution in [0.25, 0.3) is 0 Å². The maximum atomic E-state index is 13.8. The summed E-state index contributed by atoms with van der Waals surface area (Å²) in [6.45, 7) is -0.133. The maximum absolute atomic E-state index is 13.8. The fourth-order valence-corrected chi connectivity index (χ4v) is 2.61. The van der Waals surface area contributed by atoms with E-state index in [-0.39, 0.29) is 56.8 Å². The fourth-order valence-electron chi connectivity index (χ4n) is 2.61. The monoisotopic (exact) mass is 310 g/mol. The molecule has 7 heteroatoms. The van der Waals surface area contributed by atoms with Crippen LogP contribution in [0.4, 0.5) is 10.1 Å². The summed E-state index contributed by atoms with van der Waals surface area (Å²) < 4.78 is 13.8. The molecule has 1 unspecified atom stereocenters. The van der Waals surface area contributed by atoms with Crippen LogP contribution in [-0.2, 0) is 9.59 Å². The molecule has 1 heterocycles. The van der Waals surface area contributed by atoms with Crippen LogP contribution in [0.15, 0.2) is 24.3 Å². The Hall–Kier alpha value is -1.99. The number of benzene rings is 1. The average Bonchev–Trinajstić information content (AvgIpc) is 2.88. The van der Waals surface area contributed by atoms with E-state index in [2.05, 4.69) is 0 Å². The smallest absolute Gasteiger partial charge is 0.228 e. The van der Waals surface area contributed by atoms with Crippen molar-refractivity contribution in [3.63, 3.8) is 0 Å². The highest BCUT2D eigenvalue weighted by molar-refractivity contribution is 6.00. The van der Waals surface area contributed by atoms with Crippen LogP contribution >= 0.6 is 0 Å². The van der Waals surface area contributed by atoms with Crippen molar-refractivity contribution in [1.29, 1.82) is 0 Å². The van der Waals surface area contributed by atoms with Gasteiger partial charge in [0.2, 0.25) is 11.8 Å². The van der Waals surface area contributed by atoms with Crippen molar-refractivity contribution in [2.45, 2.75) is 6.42 Å². The van der Waals surface area contributed by atoms with Crippen molar-refractivity contribution < 1.29 is 24.2 Å². The van der Waals surface area contributed by atoms with Crippen LogP contribution in [-0.4, -0.2) is 59.8 Å². The second kappa shape index (κ2) is 7.33. The average molecular weight is 310 g/mol. The molecule has 1 aliphatic rings. The van der Waals surface area contributed by atoms with Gasteiger partial charge in [0, 0.05) is 26.1 Å². The van der Waals surface area contributed by atoms with Gasteiger partial charge in [-0.05, 0) is 12.1 Å². The molecule has 1 fully saturated rings. The second-order valence-electron chi connectivity index (χ2n) is 5.13. The Balaban J connectivity index is 2.11. The Bertz CT molecular complexity index is 546. The van der Waals surface area contributed by atoms with E-state index in [4.69, 9.17) is 10.2 Å². The van der Waals surface area contributed by atoms with E-state index in [1.54, 1.807) is 6.07 Å². The number of amides is 2. The Labute approximate surface area is 127 Å². The number of aliphatic hydroxyl groups is 2. The van der Waals surface area contributed by atoms with Gasteiger partial charge in [-0.25, -0.2) is 4.39 Å². The van der Waals surface area contributed by atoms with Gasteiger partial charge in [0.05, 0.1) is 24.8 Å². The van der Waals surface area contributed by atoms with E-state index in [0.29, 0.717) is 0 Å². The highest BCUT2D eigenvalue weighted by Crippen LogP contribution is 2.28.